The highest BCUT2D eigenvalue weighted by molar-refractivity contribution is 5.78. The summed E-state index contributed by atoms with van der Waals surface area (Å²) in [5.41, 5.74) is 5.15. The van der Waals surface area contributed by atoms with Crippen LogP contribution in [0.15, 0.2) is 0 Å². The lowest BCUT2D eigenvalue weighted by Crippen LogP contribution is -2.43. The second kappa shape index (κ2) is 6.92. The van der Waals surface area contributed by atoms with Gasteiger partial charge in [-0.05, 0) is 18.8 Å². The third-order valence-corrected chi connectivity index (χ3v) is 2.96. The van der Waals surface area contributed by atoms with Crippen LogP contribution in [0.3, 0.4) is 0 Å². The van der Waals surface area contributed by atoms with Gasteiger partial charge in [0.25, 0.3) is 0 Å². The van der Waals surface area contributed by atoms with Crippen LogP contribution in [0, 0.1) is 18.3 Å². The van der Waals surface area contributed by atoms with Crippen LogP contribution in [0.4, 0.5) is 0 Å². The van der Waals surface area contributed by atoms with Crippen LogP contribution in [0.2, 0.25) is 0 Å². The zero-order chi connectivity index (χ0) is 12.7. The number of nitrogens with two attached hydrogens (primary N) is 1. The van der Waals surface area contributed by atoms with Crippen LogP contribution in [0.25, 0.3) is 0 Å². The van der Waals surface area contributed by atoms with E-state index in [1.807, 2.05) is 0 Å². The molecule has 17 heavy (non-hydrogen) atoms. The second-order valence-electron chi connectivity index (χ2n) is 4.30. The lowest BCUT2D eigenvalue weighted by atomic mass is 9.93. The highest BCUT2D eigenvalue weighted by Gasteiger charge is 2.23. The number of likely N-dealkylation sites (tertiary alicyclic amines) is 1. The van der Waals surface area contributed by atoms with Gasteiger partial charge in [-0.2, -0.15) is 0 Å². The van der Waals surface area contributed by atoms with Crippen molar-refractivity contribution < 1.29 is 9.59 Å². The van der Waals surface area contributed by atoms with Crippen molar-refractivity contribution in [2.24, 2.45) is 11.7 Å². The van der Waals surface area contributed by atoms with Gasteiger partial charge in [0.2, 0.25) is 11.8 Å². The molecule has 0 unspecified atom stereocenters. The van der Waals surface area contributed by atoms with Gasteiger partial charge < -0.3 is 10.6 Å². The van der Waals surface area contributed by atoms with E-state index in [4.69, 9.17) is 12.2 Å². The predicted octanol–water partition coefficient (Wildman–Crippen LogP) is -0.677. The Labute approximate surface area is 102 Å². The van der Waals surface area contributed by atoms with Gasteiger partial charge in [-0.25, -0.2) is 0 Å². The summed E-state index contributed by atoms with van der Waals surface area (Å²) in [6.07, 6.45) is 7.21. The van der Waals surface area contributed by atoms with Crippen LogP contribution in [-0.4, -0.2) is 42.9 Å². The molecule has 0 bridgehead atoms. The summed E-state index contributed by atoms with van der Waals surface area (Å²) < 4.78 is 0. The van der Waals surface area contributed by atoms with Crippen LogP contribution >= 0.6 is 0 Å². The molecule has 94 valence electrons. The molecule has 1 rings (SSSR count). The Morgan fingerprint density at radius 1 is 1.41 bits per heavy atom. The number of carbonyl (C=O) groups is 2. The minimum atomic E-state index is -0.259. The highest BCUT2D eigenvalue weighted by atomic mass is 16.2. The summed E-state index contributed by atoms with van der Waals surface area (Å²) in [5, 5.41) is 2.87. The van der Waals surface area contributed by atoms with Gasteiger partial charge in [0.05, 0.1) is 13.1 Å². The van der Waals surface area contributed by atoms with E-state index < -0.39 is 0 Å². The Morgan fingerprint density at radius 2 is 2.06 bits per heavy atom. The maximum atomic E-state index is 11.7. The number of primary amides is 1. The molecular formula is C12H19N3O2. The van der Waals surface area contributed by atoms with Gasteiger partial charge in [-0.15, -0.1) is 6.42 Å². The summed E-state index contributed by atoms with van der Waals surface area (Å²) in [5.74, 6) is 2.56. The normalized spacial score (nSPS) is 16.5. The minimum absolute atomic E-state index is 0.0674. The quantitative estimate of drug-likeness (QED) is 0.491. The molecule has 1 aliphatic rings. The van der Waals surface area contributed by atoms with E-state index in [-0.39, 0.29) is 18.4 Å². The number of nitrogens with zero attached hydrogens (tertiary/aromatic N) is 1. The molecule has 0 aliphatic carbocycles. The molecule has 0 saturated carbocycles. The Kier molecular flexibility index (Phi) is 5.50. The SMILES string of the molecule is C#CCNCC(=O)N1CCC(CC(N)=O)CC1. The molecule has 3 N–H and O–H groups in total. The number of terminal acetylenes is 1. The number of rotatable bonds is 5. The van der Waals surface area contributed by atoms with Crippen LogP contribution in [0.5, 0.6) is 0 Å². The monoisotopic (exact) mass is 237 g/mol. The fraction of sp³-hybridized carbons (Fsp3) is 0.667. The molecule has 0 aromatic heterocycles. The number of amides is 2. The van der Waals surface area contributed by atoms with Crippen molar-refractivity contribution >= 4 is 11.8 Å². The molecule has 1 saturated heterocycles. The average Bonchev–Trinajstić information content (AvgIpc) is 2.29. The maximum absolute atomic E-state index is 11.7. The zero-order valence-electron chi connectivity index (χ0n) is 9.95. The standard InChI is InChI=1S/C12H19N3O2/c1-2-5-14-9-12(17)15-6-3-10(4-7-15)8-11(13)16/h1,10,14H,3-9H2,(H2,13,16). The third-order valence-electron chi connectivity index (χ3n) is 2.96. The maximum Gasteiger partial charge on any atom is 0.236 e. The summed E-state index contributed by atoms with van der Waals surface area (Å²) in [6, 6.07) is 0. The molecule has 1 fully saturated rings. The molecule has 0 aromatic rings. The summed E-state index contributed by atoms with van der Waals surface area (Å²) in [6.45, 7) is 2.09. The van der Waals surface area contributed by atoms with Gasteiger partial charge in [0.1, 0.15) is 0 Å². The molecule has 1 heterocycles. The van der Waals surface area contributed by atoms with Gasteiger partial charge in [0.15, 0.2) is 0 Å². The van der Waals surface area contributed by atoms with E-state index in [1.165, 1.54) is 0 Å². The molecular weight excluding hydrogens is 218 g/mol. The number of hydrogen-bond donors (Lipinski definition) is 2. The first-order valence-electron chi connectivity index (χ1n) is 5.83. The second-order valence-corrected chi connectivity index (χ2v) is 4.30. The smallest absolute Gasteiger partial charge is 0.236 e. The predicted molar refractivity (Wildman–Crippen MR) is 64.8 cm³/mol. The van der Waals surface area contributed by atoms with E-state index in [0.29, 0.717) is 32.0 Å². The summed E-state index contributed by atoms with van der Waals surface area (Å²) in [7, 11) is 0. The van der Waals surface area contributed by atoms with E-state index >= 15 is 0 Å². The lowest BCUT2D eigenvalue weighted by molar-refractivity contribution is -0.131. The van der Waals surface area contributed by atoms with Gasteiger partial charge in [-0.1, -0.05) is 5.92 Å². The van der Waals surface area contributed by atoms with Crippen molar-refractivity contribution in [2.45, 2.75) is 19.3 Å². The van der Waals surface area contributed by atoms with Crippen LogP contribution in [-0.2, 0) is 9.59 Å². The van der Waals surface area contributed by atoms with Crippen LogP contribution in [0.1, 0.15) is 19.3 Å². The topological polar surface area (TPSA) is 75.4 Å². The number of nitrogens with one attached hydrogen (secondary N) is 1. The number of hydrogen-bond acceptors (Lipinski definition) is 3. The molecule has 1 aliphatic heterocycles. The van der Waals surface area contributed by atoms with Gasteiger partial charge in [-0.3, -0.25) is 14.9 Å². The molecule has 0 spiro atoms. The first-order chi connectivity index (χ1) is 8.13. The van der Waals surface area contributed by atoms with Crippen LogP contribution < -0.4 is 11.1 Å². The van der Waals surface area contributed by atoms with Crippen molar-refractivity contribution in [3.63, 3.8) is 0 Å². The first kappa shape index (κ1) is 13.5. The molecule has 0 aromatic carbocycles. The van der Waals surface area contributed by atoms with Crippen molar-refractivity contribution in [1.29, 1.82) is 0 Å². The molecule has 5 heteroatoms. The Hall–Kier alpha value is -1.54. The third kappa shape index (κ3) is 4.87. The zero-order valence-corrected chi connectivity index (χ0v) is 9.95. The lowest BCUT2D eigenvalue weighted by Gasteiger charge is -2.31. The summed E-state index contributed by atoms with van der Waals surface area (Å²) >= 11 is 0. The number of piperidine rings is 1. The first-order valence-corrected chi connectivity index (χ1v) is 5.83. The Bertz CT molecular complexity index is 314. The highest BCUT2D eigenvalue weighted by Crippen LogP contribution is 2.19. The van der Waals surface area contributed by atoms with Gasteiger partial charge >= 0.3 is 0 Å². The molecule has 5 nitrogen and oxygen atoms in total. The van der Waals surface area contributed by atoms with Gasteiger partial charge in [0, 0.05) is 19.5 Å². The fourth-order valence-corrected chi connectivity index (χ4v) is 2.02. The van der Waals surface area contributed by atoms with E-state index in [9.17, 15) is 9.59 Å². The molecule has 0 atom stereocenters. The van der Waals surface area contributed by atoms with Crippen molar-refractivity contribution in [2.75, 3.05) is 26.2 Å². The largest absolute Gasteiger partial charge is 0.370 e. The number of carbonyl (C=O) groups excluding carboxylic acids is 2. The Balaban J connectivity index is 2.24. The molecule has 0 radical (unpaired) electrons. The van der Waals surface area contributed by atoms with Crippen molar-refractivity contribution in [1.82, 2.24) is 10.2 Å². The van der Waals surface area contributed by atoms with Crippen molar-refractivity contribution in [3.8, 4) is 12.3 Å². The average molecular weight is 237 g/mol. The van der Waals surface area contributed by atoms with E-state index in [1.54, 1.807) is 4.90 Å². The van der Waals surface area contributed by atoms with Crippen molar-refractivity contribution in [3.05, 3.63) is 0 Å². The van der Waals surface area contributed by atoms with E-state index in [0.717, 1.165) is 12.8 Å². The summed E-state index contributed by atoms with van der Waals surface area (Å²) in [4.78, 5) is 24.3. The molecule has 2 amide bonds. The minimum Gasteiger partial charge on any atom is -0.370 e. The fourth-order valence-electron chi connectivity index (χ4n) is 2.02. The Morgan fingerprint density at radius 3 is 2.59 bits per heavy atom. The van der Waals surface area contributed by atoms with E-state index in [2.05, 4.69) is 11.2 Å².